The minimum absolute atomic E-state index is 0.0197. The van der Waals surface area contributed by atoms with E-state index in [1.54, 1.807) is 13.2 Å². The van der Waals surface area contributed by atoms with Crippen molar-refractivity contribution in [3.05, 3.63) is 58.1 Å². The van der Waals surface area contributed by atoms with Crippen LogP contribution in [-0.4, -0.2) is 13.0 Å². The van der Waals surface area contributed by atoms with E-state index in [9.17, 15) is 4.79 Å². The number of rotatable bonds is 4. The van der Waals surface area contributed by atoms with Gasteiger partial charge in [-0.1, -0.05) is 23.2 Å². The fourth-order valence-electron chi connectivity index (χ4n) is 2.55. The second-order valence-electron chi connectivity index (χ2n) is 5.37. The van der Waals surface area contributed by atoms with Crippen LogP contribution in [0.25, 0.3) is 0 Å². The zero-order chi connectivity index (χ0) is 15.7. The van der Waals surface area contributed by atoms with Crippen molar-refractivity contribution in [1.29, 1.82) is 0 Å². The average Bonchev–Trinajstić information content (AvgIpc) is 3.27. The van der Waals surface area contributed by atoms with E-state index >= 15 is 0 Å². The third-order valence-electron chi connectivity index (χ3n) is 3.80. The van der Waals surface area contributed by atoms with Crippen molar-refractivity contribution in [2.24, 2.45) is 5.92 Å². The normalized spacial score (nSPS) is 19.6. The molecule has 2 aromatic carbocycles. The van der Waals surface area contributed by atoms with Gasteiger partial charge < -0.3 is 10.1 Å². The summed E-state index contributed by atoms with van der Waals surface area (Å²) in [5, 5.41) is 4.12. The first-order chi connectivity index (χ1) is 10.6. The molecule has 0 aliphatic heterocycles. The molecule has 3 rings (SSSR count). The average molecular weight is 336 g/mol. The Labute approximate surface area is 139 Å². The number of amides is 1. The number of ether oxygens (including phenoxy) is 1. The fourth-order valence-corrected chi connectivity index (χ4v) is 3.09. The Kier molecular flexibility index (Phi) is 4.27. The summed E-state index contributed by atoms with van der Waals surface area (Å²) in [5.41, 5.74) is 1.79. The molecule has 1 N–H and O–H groups in total. The van der Waals surface area contributed by atoms with E-state index in [0.29, 0.717) is 10.0 Å². The van der Waals surface area contributed by atoms with Crippen molar-refractivity contribution in [3.8, 4) is 5.75 Å². The Balaban J connectivity index is 1.64. The van der Waals surface area contributed by atoms with Crippen LogP contribution in [0.1, 0.15) is 17.9 Å². The van der Waals surface area contributed by atoms with Gasteiger partial charge in [-0.25, -0.2) is 0 Å². The number of methoxy groups -OCH3 is 1. The van der Waals surface area contributed by atoms with Crippen molar-refractivity contribution < 1.29 is 9.53 Å². The molecule has 1 aliphatic rings. The van der Waals surface area contributed by atoms with Crippen molar-refractivity contribution in [2.75, 3.05) is 12.4 Å². The first-order valence-electron chi connectivity index (χ1n) is 6.98. The van der Waals surface area contributed by atoms with Crippen molar-refractivity contribution >= 4 is 34.8 Å². The Morgan fingerprint density at radius 3 is 2.36 bits per heavy atom. The number of benzene rings is 2. The zero-order valence-corrected chi connectivity index (χ0v) is 13.5. The number of halogens is 2. The lowest BCUT2D eigenvalue weighted by Gasteiger charge is -2.06. The quantitative estimate of drug-likeness (QED) is 0.875. The third-order valence-corrected chi connectivity index (χ3v) is 4.23. The maximum atomic E-state index is 12.3. The Bertz CT molecular complexity index is 680. The van der Waals surface area contributed by atoms with E-state index in [4.69, 9.17) is 27.9 Å². The van der Waals surface area contributed by atoms with Gasteiger partial charge in [-0.05, 0) is 60.4 Å². The number of carbonyl (C=O) groups is 1. The van der Waals surface area contributed by atoms with Crippen LogP contribution in [0.3, 0.4) is 0 Å². The van der Waals surface area contributed by atoms with E-state index < -0.39 is 0 Å². The summed E-state index contributed by atoms with van der Waals surface area (Å²) in [7, 11) is 1.61. The Morgan fingerprint density at radius 2 is 1.77 bits per heavy atom. The smallest absolute Gasteiger partial charge is 0.228 e. The molecule has 0 saturated heterocycles. The lowest BCUT2D eigenvalue weighted by atomic mass is 10.1. The molecule has 0 heterocycles. The maximum Gasteiger partial charge on any atom is 0.228 e. The summed E-state index contributed by atoms with van der Waals surface area (Å²) in [6, 6.07) is 12.7. The van der Waals surface area contributed by atoms with Crippen LogP contribution in [-0.2, 0) is 4.79 Å². The predicted molar refractivity (Wildman–Crippen MR) is 88.9 cm³/mol. The predicted octanol–water partition coefficient (Wildman–Crippen LogP) is 4.74. The third kappa shape index (κ3) is 3.37. The standard InChI is InChI=1S/C17H15Cl2NO2/c1-22-14-4-2-13(3-5-14)20-17(21)16-9-15(16)10-6-11(18)8-12(19)7-10/h2-8,15-16H,9H2,1H3,(H,20,21)/t15-,16-/m1/s1. The molecule has 3 nitrogen and oxygen atoms in total. The highest BCUT2D eigenvalue weighted by molar-refractivity contribution is 6.34. The van der Waals surface area contributed by atoms with Crippen LogP contribution >= 0.6 is 23.2 Å². The molecular formula is C17H15Cl2NO2. The SMILES string of the molecule is COc1ccc(NC(=O)[C@@H]2C[C@@H]2c2cc(Cl)cc(Cl)c2)cc1. The highest BCUT2D eigenvalue weighted by Gasteiger charge is 2.44. The van der Waals surface area contributed by atoms with Crippen molar-refractivity contribution in [2.45, 2.75) is 12.3 Å². The van der Waals surface area contributed by atoms with E-state index in [0.717, 1.165) is 23.4 Å². The molecule has 0 spiro atoms. The molecule has 0 radical (unpaired) electrons. The number of hydrogen-bond donors (Lipinski definition) is 1. The molecule has 2 aromatic rings. The largest absolute Gasteiger partial charge is 0.497 e. The number of carbonyl (C=O) groups excluding carboxylic acids is 1. The van der Waals surface area contributed by atoms with Crippen LogP contribution in [0.4, 0.5) is 5.69 Å². The number of nitrogens with one attached hydrogen (secondary N) is 1. The summed E-state index contributed by atoms with van der Waals surface area (Å²) in [6.07, 6.45) is 0.818. The number of hydrogen-bond acceptors (Lipinski definition) is 2. The minimum atomic E-state index is -0.0309. The Hall–Kier alpha value is -1.71. The molecule has 1 saturated carbocycles. The number of anilines is 1. The van der Waals surface area contributed by atoms with Gasteiger partial charge in [-0.15, -0.1) is 0 Å². The van der Waals surface area contributed by atoms with Crippen LogP contribution in [0.2, 0.25) is 10.0 Å². The minimum Gasteiger partial charge on any atom is -0.497 e. The van der Waals surface area contributed by atoms with Gasteiger partial charge in [0.05, 0.1) is 7.11 Å². The molecule has 22 heavy (non-hydrogen) atoms. The van der Waals surface area contributed by atoms with Gasteiger partial charge in [-0.2, -0.15) is 0 Å². The van der Waals surface area contributed by atoms with Crippen molar-refractivity contribution in [1.82, 2.24) is 0 Å². The van der Waals surface area contributed by atoms with Gasteiger partial charge in [0, 0.05) is 21.7 Å². The molecule has 5 heteroatoms. The van der Waals surface area contributed by atoms with E-state index in [1.807, 2.05) is 36.4 Å². The molecular weight excluding hydrogens is 321 g/mol. The summed E-state index contributed by atoms with van der Waals surface area (Å²) in [5.74, 6) is 0.938. The highest BCUT2D eigenvalue weighted by atomic mass is 35.5. The van der Waals surface area contributed by atoms with Gasteiger partial charge in [0.1, 0.15) is 5.75 Å². The summed E-state index contributed by atoms with van der Waals surface area (Å²) < 4.78 is 5.09. The van der Waals surface area contributed by atoms with Gasteiger partial charge in [0.25, 0.3) is 0 Å². The van der Waals surface area contributed by atoms with E-state index in [1.165, 1.54) is 0 Å². The van der Waals surface area contributed by atoms with E-state index in [-0.39, 0.29) is 17.7 Å². The second kappa shape index (κ2) is 6.19. The highest BCUT2D eigenvalue weighted by Crippen LogP contribution is 2.49. The van der Waals surface area contributed by atoms with Crippen LogP contribution in [0.15, 0.2) is 42.5 Å². The maximum absolute atomic E-state index is 12.3. The topological polar surface area (TPSA) is 38.3 Å². The lowest BCUT2D eigenvalue weighted by molar-refractivity contribution is -0.117. The molecule has 0 bridgehead atoms. The van der Waals surface area contributed by atoms with Gasteiger partial charge in [0.15, 0.2) is 0 Å². The van der Waals surface area contributed by atoms with Gasteiger partial charge >= 0.3 is 0 Å². The molecule has 1 amide bonds. The molecule has 2 atom stereocenters. The fraction of sp³-hybridized carbons (Fsp3) is 0.235. The molecule has 0 aromatic heterocycles. The first-order valence-corrected chi connectivity index (χ1v) is 7.73. The lowest BCUT2D eigenvalue weighted by Crippen LogP contribution is -2.14. The van der Waals surface area contributed by atoms with Gasteiger partial charge in [-0.3, -0.25) is 4.79 Å². The summed E-state index contributed by atoms with van der Waals surface area (Å²) in [4.78, 5) is 12.3. The summed E-state index contributed by atoms with van der Waals surface area (Å²) >= 11 is 12.0. The monoisotopic (exact) mass is 335 g/mol. The second-order valence-corrected chi connectivity index (χ2v) is 6.24. The first kappa shape index (κ1) is 15.2. The van der Waals surface area contributed by atoms with Gasteiger partial charge in [0.2, 0.25) is 5.91 Å². The summed E-state index contributed by atoms with van der Waals surface area (Å²) in [6.45, 7) is 0. The molecule has 114 valence electrons. The molecule has 1 aliphatic carbocycles. The van der Waals surface area contributed by atoms with Crippen molar-refractivity contribution in [3.63, 3.8) is 0 Å². The molecule has 0 unspecified atom stereocenters. The molecule has 1 fully saturated rings. The van der Waals surface area contributed by atoms with Crippen LogP contribution < -0.4 is 10.1 Å². The zero-order valence-electron chi connectivity index (χ0n) is 12.0. The van der Waals surface area contributed by atoms with Crippen LogP contribution in [0, 0.1) is 5.92 Å². The van der Waals surface area contributed by atoms with Crippen LogP contribution in [0.5, 0.6) is 5.75 Å². The Morgan fingerprint density at radius 1 is 1.14 bits per heavy atom. The van der Waals surface area contributed by atoms with E-state index in [2.05, 4.69) is 5.32 Å².